The molecular formula is C18H13O3. The first kappa shape index (κ1) is 13.1. The molecule has 0 saturated carbocycles. The molecule has 0 fully saturated rings. The SMILES string of the molecule is [O]c1cccc(Oc2cccc(Oc3ccccc3)c2)c1. The number of rotatable bonds is 4. The Morgan fingerprint density at radius 2 is 1.05 bits per heavy atom. The number of benzene rings is 3. The van der Waals surface area contributed by atoms with Crippen molar-refractivity contribution in [3.63, 3.8) is 0 Å². The molecule has 3 aromatic carbocycles. The molecule has 0 spiro atoms. The summed E-state index contributed by atoms with van der Waals surface area (Å²) in [5.74, 6) is 2.49. The highest BCUT2D eigenvalue weighted by atomic mass is 16.5. The normalized spacial score (nSPS) is 10.1. The topological polar surface area (TPSA) is 38.4 Å². The Morgan fingerprint density at radius 1 is 0.524 bits per heavy atom. The van der Waals surface area contributed by atoms with E-state index in [1.165, 1.54) is 12.1 Å². The van der Waals surface area contributed by atoms with Gasteiger partial charge in [-0.25, -0.2) is 0 Å². The maximum Gasteiger partial charge on any atom is 0.182 e. The van der Waals surface area contributed by atoms with Gasteiger partial charge in [0.15, 0.2) is 5.75 Å². The average molecular weight is 277 g/mol. The number of para-hydroxylation sites is 1. The fourth-order valence-electron chi connectivity index (χ4n) is 1.90. The number of ether oxygens (including phenoxy) is 2. The third-order valence-electron chi connectivity index (χ3n) is 2.83. The summed E-state index contributed by atoms with van der Waals surface area (Å²) in [5.41, 5.74) is 0. The Morgan fingerprint density at radius 3 is 1.71 bits per heavy atom. The van der Waals surface area contributed by atoms with Crippen LogP contribution in [0.15, 0.2) is 78.9 Å². The van der Waals surface area contributed by atoms with Gasteiger partial charge in [0.05, 0.1) is 0 Å². The minimum Gasteiger partial charge on any atom is -0.457 e. The highest BCUT2D eigenvalue weighted by Crippen LogP contribution is 2.29. The van der Waals surface area contributed by atoms with Crippen molar-refractivity contribution < 1.29 is 14.6 Å². The minimum atomic E-state index is -0.0795. The van der Waals surface area contributed by atoms with Gasteiger partial charge in [-0.05, 0) is 36.4 Å². The monoisotopic (exact) mass is 277 g/mol. The number of hydrogen-bond donors (Lipinski definition) is 0. The van der Waals surface area contributed by atoms with Crippen molar-refractivity contribution in [1.29, 1.82) is 0 Å². The van der Waals surface area contributed by atoms with E-state index in [-0.39, 0.29) is 5.75 Å². The molecule has 0 bridgehead atoms. The van der Waals surface area contributed by atoms with Crippen molar-refractivity contribution in [2.75, 3.05) is 0 Å². The quantitative estimate of drug-likeness (QED) is 0.639. The average Bonchev–Trinajstić information content (AvgIpc) is 2.49. The first-order valence-corrected chi connectivity index (χ1v) is 6.57. The Hall–Kier alpha value is -2.94. The van der Waals surface area contributed by atoms with E-state index in [4.69, 9.17) is 9.47 Å². The molecule has 0 aliphatic rings. The van der Waals surface area contributed by atoms with Crippen LogP contribution in [0.5, 0.6) is 28.7 Å². The second-order valence-corrected chi connectivity index (χ2v) is 4.47. The van der Waals surface area contributed by atoms with Crippen molar-refractivity contribution in [3.05, 3.63) is 78.9 Å². The predicted molar refractivity (Wildman–Crippen MR) is 79.6 cm³/mol. The van der Waals surface area contributed by atoms with Crippen LogP contribution in [-0.4, -0.2) is 0 Å². The van der Waals surface area contributed by atoms with E-state index in [0.29, 0.717) is 17.2 Å². The van der Waals surface area contributed by atoms with E-state index in [1.54, 1.807) is 18.2 Å². The van der Waals surface area contributed by atoms with Crippen molar-refractivity contribution in [3.8, 4) is 28.7 Å². The molecule has 3 aromatic rings. The lowest BCUT2D eigenvalue weighted by atomic mass is 10.3. The first-order valence-electron chi connectivity index (χ1n) is 6.57. The number of hydrogen-bond acceptors (Lipinski definition) is 2. The second-order valence-electron chi connectivity index (χ2n) is 4.47. The van der Waals surface area contributed by atoms with Gasteiger partial charge >= 0.3 is 0 Å². The van der Waals surface area contributed by atoms with Crippen LogP contribution in [0.4, 0.5) is 0 Å². The molecule has 0 atom stereocenters. The molecule has 0 aliphatic heterocycles. The van der Waals surface area contributed by atoms with Crippen LogP contribution in [0, 0.1) is 0 Å². The molecule has 3 heteroatoms. The van der Waals surface area contributed by atoms with Crippen LogP contribution in [-0.2, 0) is 5.11 Å². The zero-order valence-electron chi connectivity index (χ0n) is 11.2. The summed E-state index contributed by atoms with van der Waals surface area (Å²) in [6.45, 7) is 0. The van der Waals surface area contributed by atoms with E-state index in [2.05, 4.69) is 0 Å². The lowest BCUT2D eigenvalue weighted by Gasteiger charge is -2.09. The van der Waals surface area contributed by atoms with Crippen LogP contribution in [0.2, 0.25) is 0 Å². The first-order chi connectivity index (χ1) is 10.3. The fourth-order valence-corrected chi connectivity index (χ4v) is 1.90. The van der Waals surface area contributed by atoms with Crippen LogP contribution in [0.3, 0.4) is 0 Å². The highest BCUT2D eigenvalue weighted by Gasteiger charge is 2.02. The molecule has 103 valence electrons. The maximum absolute atomic E-state index is 11.3. The molecule has 0 aliphatic carbocycles. The smallest absolute Gasteiger partial charge is 0.182 e. The van der Waals surface area contributed by atoms with Gasteiger partial charge in [0, 0.05) is 12.1 Å². The molecule has 0 N–H and O–H groups in total. The van der Waals surface area contributed by atoms with Gasteiger partial charge in [-0.15, -0.1) is 0 Å². The summed E-state index contributed by atoms with van der Waals surface area (Å²) >= 11 is 0. The van der Waals surface area contributed by atoms with E-state index >= 15 is 0 Å². The molecule has 21 heavy (non-hydrogen) atoms. The van der Waals surface area contributed by atoms with Gasteiger partial charge in [-0.1, -0.05) is 30.3 Å². The van der Waals surface area contributed by atoms with Crippen LogP contribution >= 0.6 is 0 Å². The molecule has 0 heterocycles. The standard InChI is InChI=1S/C18H13O3/c19-14-6-4-9-16(12-14)21-18-11-5-10-17(13-18)20-15-7-2-1-3-8-15/h1-13H. The summed E-state index contributed by atoms with van der Waals surface area (Å²) in [5, 5.41) is 11.3. The Bertz CT molecular complexity index is 723. The van der Waals surface area contributed by atoms with Crippen LogP contribution in [0.1, 0.15) is 0 Å². The predicted octanol–water partition coefficient (Wildman–Crippen LogP) is 5.42. The molecule has 0 saturated heterocycles. The minimum absolute atomic E-state index is 0.0795. The molecular weight excluding hydrogens is 264 g/mol. The summed E-state index contributed by atoms with van der Waals surface area (Å²) in [7, 11) is 0. The van der Waals surface area contributed by atoms with Crippen molar-refractivity contribution >= 4 is 0 Å². The summed E-state index contributed by atoms with van der Waals surface area (Å²) in [6.07, 6.45) is 0. The fraction of sp³-hybridized carbons (Fsp3) is 0. The Kier molecular flexibility index (Phi) is 3.74. The maximum atomic E-state index is 11.3. The summed E-state index contributed by atoms with van der Waals surface area (Å²) in [4.78, 5) is 0. The zero-order valence-corrected chi connectivity index (χ0v) is 11.2. The third-order valence-corrected chi connectivity index (χ3v) is 2.83. The molecule has 0 unspecified atom stereocenters. The van der Waals surface area contributed by atoms with E-state index in [9.17, 15) is 5.11 Å². The molecule has 3 rings (SSSR count). The molecule has 0 aromatic heterocycles. The van der Waals surface area contributed by atoms with Crippen molar-refractivity contribution in [1.82, 2.24) is 0 Å². The Balaban J connectivity index is 1.77. The van der Waals surface area contributed by atoms with Gasteiger partial charge in [0.1, 0.15) is 23.0 Å². The summed E-state index contributed by atoms with van der Waals surface area (Å²) in [6, 6.07) is 23.2. The van der Waals surface area contributed by atoms with Crippen LogP contribution in [0.25, 0.3) is 0 Å². The lowest BCUT2D eigenvalue weighted by molar-refractivity contribution is 0.352. The van der Waals surface area contributed by atoms with Gasteiger partial charge in [0.2, 0.25) is 0 Å². The van der Waals surface area contributed by atoms with E-state index in [0.717, 1.165) is 5.75 Å². The molecule has 3 nitrogen and oxygen atoms in total. The van der Waals surface area contributed by atoms with E-state index < -0.39 is 0 Å². The van der Waals surface area contributed by atoms with Crippen LogP contribution < -0.4 is 9.47 Å². The largest absolute Gasteiger partial charge is 0.457 e. The second kappa shape index (κ2) is 6.01. The molecule has 1 radical (unpaired) electrons. The lowest BCUT2D eigenvalue weighted by Crippen LogP contribution is -1.86. The molecule has 0 amide bonds. The van der Waals surface area contributed by atoms with Gasteiger partial charge in [-0.3, -0.25) is 5.11 Å². The van der Waals surface area contributed by atoms with Crippen molar-refractivity contribution in [2.45, 2.75) is 0 Å². The van der Waals surface area contributed by atoms with Gasteiger partial charge in [-0.2, -0.15) is 0 Å². The third kappa shape index (κ3) is 3.54. The van der Waals surface area contributed by atoms with Gasteiger partial charge < -0.3 is 9.47 Å². The zero-order chi connectivity index (χ0) is 14.5. The summed E-state index contributed by atoms with van der Waals surface area (Å²) < 4.78 is 11.4. The van der Waals surface area contributed by atoms with E-state index in [1.807, 2.05) is 48.5 Å². The highest BCUT2D eigenvalue weighted by molar-refractivity contribution is 5.40. The van der Waals surface area contributed by atoms with Crippen molar-refractivity contribution in [2.24, 2.45) is 0 Å². The Labute approximate surface area is 123 Å². The van der Waals surface area contributed by atoms with Gasteiger partial charge in [0.25, 0.3) is 0 Å².